The lowest BCUT2D eigenvalue weighted by Gasteiger charge is -2.33. The molecule has 12 heteroatoms. The van der Waals surface area contributed by atoms with Crippen LogP contribution in [0.25, 0.3) is 0 Å². The summed E-state index contributed by atoms with van der Waals surface area (Å²) in [6.07, 6.45) is 1.18. The standard InChI is InChI=1S/C28H37N3O8S/c1-3-39-28(34)22-15-18-30(19-16-22)26(32)17-20-31(40(36,37)24-12-10-23(38-2)11-13-24)25(27(33)29-35)14-9-21-7-5-4-6-8-21/h4-8,10-13,22,25,35H,3,9,14-20H2,1-2H3,(H,29,33). The van der Waals surface area contributed by atoms with Crippen LogP contribution in [0.1, 0.15) is 38.2 Å². The number of hydrogen-bond acceptors (Lipinski definition) is 8. The fourth-order valence-electron chi connectivity index (χ4n) is 4.74. The monoisotopic (exact) mass is 575 g/mol. The first kappa shape index (κ1) is 31.1. The minimum Gasteiger partial charge on any atom is -0.497 e. The van der Waals surface area contributed by atoms with Gasteiger partial charge in [-0.1, -0.05) is 30.3 Å². The third-order valence-corrected chi connectivity index (χ3v) is 8.91. The summed E-state index contributed by atoms with van der Waals surface area (Å²) in [5.74, 6) is -1.27. The molecule has 0 aromatic heterocycles. The number of nitrogens with zero attached hydrogens (tertiary/aromatic N) is 2. The summed E-state index contributed by atoms with van der Waals surface area (Å²) < 4.78 is 38.8. The van der Waals surface area contributed by atoms with Crippen LogP contribution in [0, 0.1) is 5.92 Å². The minimum atomic E-state index is -4.26. The second kappa shape index (κ2) is 14.8. The maximum Gasteiger partial charge on any atom is 0.309 e. The number of likely N-dealkylation sites (tertiary alicyclic amines) is 1. The van der Waals surface area contributed by atoms with E-state index in [2.05, 4.69) is 0 Å². The molecule has 1 atom stereocenters. The highest BCUT2D eigenvalue weighted by Crippen LogP contribution is 2.25. The average molecular weight is 576 g/mol. The number of carbonyl (C=O) groups is 3. The summed E-state index contributed by atoms with van der Waals surface area (Å²) in [4.78, 5) is 39.5. The Morgan fingerprint density at radius 3 is 2.30 bits per heavy atom. The van der Waals surface area contributed by atoms with Crippen molar-refractivity contribution in [1.29, 1.82) is 0 Å². The summed E-state index contributed by atoms with van der Waals surface area (Å²) >= 11 is 0. The Balaban J connectivity index is 1.81. The largest absolute Gasteiger partial charge is 0.497 e. The van der Waals surface area contributed by atoms with Gasteiger partial charge >= 0.3 is 5.97 Å². The highest BCUT2D eigenvalue weighted by Gasteiger charge is 2.37. The van der Waals surface area contributed by atoms with Gasteiger partial charge in [0.05, 0.1) is 24.5 Å². The lowest BCUT2D eigenvalue weighted by Crippen LogP contribution is -2.50. The van der Waals surface area contributed by atoms with E-state index >= 15 is 0 Å². The van der Waals surface area contributed by atoms with Gasteiger partial charge < -0.3 is 14.4 Å². The molecule has 0 radical (unpaired) electrons. The molecule has 218 valence electrons. The maximum absolute atomic E-state index is 13.8. The highest BCUT2D eigenvalue weighted by atomic mass is 32.2. The molecule has 2 N–H and O–H groups in total. The Bertz CT molecular complexity index is 1230. The number of hydrogen-bond donors (Lipinski definition) is 2. The van der Waals surface area contributed by atoms with E-state index in [1.54, 1.807) is 17.3 Å². The van der Waals surface area contributed by atoms with Gasteiger partial charge in [0.25, 0.3) is 5.91 Å². The first-order valence-corrected chi connectivity index (χ1v) is 14.7. The van der Waals surface area contributed by atoms with E-state index in [9.17, 15) is 28.0 Å². The number of piperidine rings is 1. The van der Waals surface area contributed by atoms with Crippen LogP contribution >= 0.6 is 0 Å². The summed E-state index contributed by atoms with van der Waals surface area (Å²) in [5.41, 5.74) is 2.49. The average Bonchev–Trinajstić information content (AvgIpc) is 2.98. The van der Waals surface area contributed by atoms with Crippen molar-refractivity contribution in [2.75, 3.05) is 33.4 Å². The molecule has 1 aliphatic rings. The molecule has 0 spiro atoms. The second-order valence-corrected chi connectivity index (χ2v) is 11.4. The van der Waals surface area contributed by atoms with Gasteiger partial charge in [-0.15, -0.1) is 0 Å². The third-order valence-electron chi connectivity index (χ3n) is 6.99. The van der Waals surface area contributed by atoms with Crippen LogP contribution in [0.15, 0.2) is 59.5 Å². The zero-order valence-electron chi connectivity index (χ0n) is 22.8. The molecule has 1 aliphatic heterocycles. The molecular weight excluding hydrogens is 538 g/mol. The number of aryl methyl sites for hydroxylation is 1. The van der Waals surface area contributed by atoms with Crippen LogP contribution < -0.4 is 10.2 Å². The number of rotatable bonds is 13. The molecule has 1 fully saturated rings. The van der Waals surface area contributed by atoms with E-state index in [4.69, 9.17) is 9.47 Å². The molecule has 40 heavy (non-hydrogen) atoms. The highest BCUT2D eigenvalue weighted by molar-refractivity contribution is 7.89. The summed E-state index contributed by atoms with van der Waals surface area (Å²) in [6, 6.07) is 13.7. The molecule has 0 saturated carbocycles. The molecule has 11 nitrogen and oxygen atoms in total. The molecule has 3 rings (SSSR count). The molecule has 0 bridgehead atoms. The van der Waals surface area contributed by atoms with Crippen molar-refractivity contribution >= 4 is 27.8 Å². The number of carbonyl (C=O) groups excluding carboxylic acids is 3. The van der Waals surface area contributed by atoms with Gasteiger partial charge in [0.15, 0.2) is 0 Å². The van der Waals surface area contributed by atoms with Crippen molar-refractivity contribution in [1.82, 2.24) is 14.7 Å². The number of sulfonamides is 1. The quantitative estimate of drug-likeness (QED) is 0.211. The Morgan fingerprint density at radius 1 is 1.07 bits per heavy atom. The van der Waals surface area contributed by atoms with Crippen LogP contribution in [-0.4, -0.2) is 80.0 Å². The molecule has 0 aliphatic carbocycles. The predicted octanol–water partition coefficient (Wildman–Crippen LogP) is 2.38. The third kappa shape index (κ3) is 8.03. The number of methoxy groups -OCH3 is 1. The number of hydroxylamine groups is 1. The summed E-state index contributed by atoms with van der Waals surface area (Å²) in [5, 5.41) is 9.49. The van der Waals surface area contributed by atoms with Gasteiger partial charge in [0.2, 0.25) is 15.9 Å². The van der Waals surface area contributed by atoms with Crippen molar-refractivity contribution in [2.45, 2.75) is 50.0 Å². The number of ether oxygens (including phenoxy) is 2. The lowest BCUT2D eigenvalue weighted by molar-refractivity contribution is -0.151. The van der Waals surface area contributed by atoms with Crippen LogP contribution in [0.5, 0.6) is 5.75 Å². The van der Waals surface area contributed by atoms with Crippen molar-refractivity contribution < 1.29 is 37.5 Å². The van der Waals surface area contributed by atoms with Gasteiger partial charge in [-0.05, 0) is 62.4 Å². The van der Waals surface area contributed by atoms with Gasteiger partial charge in [-0.3, -0.25) is 19.6 Å². The molecule has 1 heterocycles. The number of esters is 1. The van der Waals surface area contributed by atoms with Gasteiger partial charge in [0, 0.05) is 26.1 Å². The zero-order chi connectivity index (χ0) is 29.1. The normalized spacial score (nSPS) is 14.9. The SMILES string of the molecule is CCOC(=O)C1CCN(C(=O)CCN(C(CCc2ccccc2)C(=O)NO)S(=O)(=O)c2ccc(OC)cc2)CC1. The molecule has 2 aromatic rings. The van der Waals surface area contributed by atoms with Gasteiger partial charge in [0.1, 0.15) is 11.8 Å². The van der Waals surface area contributed by atoms with Crippen LogP contribution in [0.4, 0.5) is 0 Å². The minimum absolute atomic E-state index is 0.0743. The molecule has 1 unspecified atom stereocenters. The van der Waals surface area contributed by atoms with Crippen molar-refractivity contribution in [3.05, 3.63) is 60.2 Å². The summed E-state index contributed by atoms with van der Waals surface area (Å²) in [7, 11) is -2.80. The topological polar surface area (TPSA) is 143 Å². The fourth-order valence-corrected chi connectivity index (χ4v) is 6.36. The Hall–Kier alpha value is -3.48. The first-order chi connectivity index (χ1) is 19.2. The Labute approximate surface area is 235 Å². The molecule has 1 saturated heterocycles. The van der Waals surface area contributed by atoms with Crippen LogP contribution in [0.3, 0.4) is 0 Å². The Kier molecular flexibility index (Phi) is 11.5. The van der Waals surface area contributed by atoms with Crippen molar-refractivity contribution in [3.63, 3.8) is 0 Å². The van der Waals surface area contributed by atoms with E-state index in [0.29, 0.717) is 44.7 Å². The van der Waals surface area contributed by atoms with E-state index in [1.165, 1.54) is 31.4 Å². The van der Waals surface area contributed by atoms with E-state index < -0.39 is 22.0 Å². The molecule has 2 aromatic carbocycles. The van der Waals surface area contributed by atoms with E-state index in [0.717, 1.165) is 9.87 Å². The second-order valence-electron chi connectivity index (χ2n) is 9.46. The smallest absolute Gasteiger partial charge is 0.309 e. The number of amides is 2. The van der Waals surface area contributed by atoms with Gasteiger partial charge in [-0.2, -0.15) is 4.31 Å². The number of nitrogens with one attached hydrogen (secondary N) is 1. The Morgan fingerprint density at radius 2 is 1.73 bits per heavy atom. The van der Waals surface area contributed by atoms with Crippen molar-refractivity contribution in [2.24, 2.45) is 5.92 Å². The summed E-state index contributed by atoms with van der Waals surface area (Å²) in [6.45, 7) is 2.46. The van der Waals surface area contributed by atoms with Gasteiger partial charge in [-0.25, -0.2) is 13.9 Å². The van der Waals surface area contributed by atoms with Crippen molar-refractivity contribution in [3.8, 4) is 5.75 Å². The maximum atomic E-state index is 13.8. The fraction of sp³-hybridized carbons (Fsp3) is 0.464. The zero-order valence-corrected chi connectivity index (χ0v) is 23.6. The number of benzene rings is 2. The van der Waals surface area contributed by atoms with Crippen LogP contribution in [0.2, 0.25) is 0 Å². The molecule has 2 amide bonds. The van der Waals surface area contributed by atoms with Crippen LogP contribution in [-0.2, 0) is 35.6 Å². The predicted molar refractivity (Wildman–Crippen MR) is 146 cm³/mol. The first-order valence-electron chi connectivity index (χ1n) is 13.3. The molecular formula is C28H37N3O8S. The lowest BCUT2D eigenvalue weighted by atomic mass is 9.97. The van der Waals surface area contributed by atoms with E-state index in [1.807, 2.05) is 30.3 Å². The van der Waals surface area contributed by atoms with E-state index in [-0.39, 0.29) is 42.1 Å².